The van der Waals surface area contributed by atoms with E-state index >= 15 is 0 Å². The van der Waals surface area contributed by atoms with Crippen molar-refractivity contribution in [3.8, 4) is 0 Å². The van der Waals surface area contributed by atoms with Gasteiger partial charge >= 0.3 is 11.8 Å². The highest BCUT2D eigenvalue weighted by Crippen LogP contribution is 2.41. The van der Waals surface area contributed by atoms with Crippen molar-refractivity contribution in [1.29, 1.82) is 0 Å². The summed E-state index contributed by atoms with van der Waals surface area (Å²) in [6.45, 7) is 0. The van der Waals surface area contributed by atoms with Crippen LogP contribution in [0.3, 0.4) is 0 Å². The summed E-state index contributed by atoms with van der Waals surface area (Å²) in [5.41, 5.74) is 0. The minimum Gasteiger partial charge on any atom is -0.167 e. The minimum atomic E-state index is -4.31. The zero-order valence-electron chi connectivity index (χ0n) is 5.68. The molecule has 0 saturated heterocycles. The molecule has 0 aromatic rings. The largest absolute Gasteiger partial charge is 0.402 e. The highest BCUT2D eigenvalue weighted by atomic mass is 31.1. The molecule has 0 fully saturated rings. The van der Waals surface area contributed by atoms with Crippen molar-refractivity contribution in [2.24, 2.45) is 0 Å². The second-order valence-corrected chi connectivity index (χ2v) is 4.69. The van der Waals surface area contributed by atoms with Gasteiger partial charge in [-0.05, 0) is 29.5 Å². The lowest BCUT2D eigenvalue weighted by atomic mass is 11.0. The van der Waals surface area contributed by atoms with Gasteiger partial charge in [0.2, 0.25) is 0 Å². The van der Waals surface area contributed by atoms with Crippen LogP contribution >= 0.6 is 17.2 Å². The van der Waals surface area contributed by atoms with Gasteiger partial charge in [-0.3, -0.25) is 0 Å². The first kappa shape index (κ1) is 12.4. The Morgan fingerprint density at radius 2 is 0.917 bits per heavy atom. The molecular formula is C4H6F6P2. The van der Waals surface area contributed by atoms with Crippen LogP contribution in [0.2, 0.25) is 0 Å². The maximum atomic E-state index is 11.4. The molecule has 0 aromatic heterocycles. The Bertz CT molecular complexity index is 110. The van der Waals surface area contributed by atoms with E-state index in [1.54, 1.807) is 0 Å². The van der Waals surface area contributed by atoms with E-state index in [1.807, 2.05) is 0 Å². The summed E-state index contributed by atoms with van der Waals surface area (Å²) in [7, 11) is -2.73. The molecule has 0 aliphatic rings. The van der Waals surface area contributed by atoms with Crippen LogP contribution < -0.4 is 0 Å². The molecule has 0 N–H and O–H groups in total. The summed E-state index contributed by atoms with van der Waals surface area (Å²) in [4.78, 5) is 0. The van der Waals surface area contributed by atoms with E-state index in [4.69, 9.17) is 0 Å². The standard InChI is InChI=1S/C4H6F6P2/c5-3(6,7)11-1-2-12-4(8,9)10/h11-12H,1-2H2. The fourth-order valence-corrected chi connectivity index (χ4v) is 1.98. The summed E-state index contributed by atoms with van der Waals surface area (Å²) in [6.07, 6.45) is -0.830. The average Bonchev–Trinajstić information content (AvgIpc) is 1.76. The Balaban J connectivity index is 3.35. The number of alkyl halides is 6. The van der Waals surface area contributed by atoms with Gasteiger partial charge in [0, 0.05) is 0 Å². The lowest BCUT2D eigenvalue weighted by Crippen LogP contribution is -2.03. The molecular weight excluding hydrogens is 224 g/mol. The first-order valence-electron chi connectivity index (χ1n) is 2.84. The monoisotopic (exact) mass is 230 g/mol. The third kappa shape index (κ3) is 10.4. The Labute approximate surface area is 68.7 Å². The molecule has 2 atom stereocenters. The zero-order valence-corrected chi connectivity index (χ0v) is 7.68. The first-order chi connectivity index (χ1) is 5.21. The van der Waals surface area contributed by atoms with Gasteiger partial charge in [-0.25, -0.2) is 0 Å². The van der Waals surface area contributed by atoms with E-state index in [1.165, 1.54) is 0 Å². The van der Waals surface area contributed by atoms with Crippen molar-refractivity contribution < 1.29 is 26.3 Å². The van der Waals surface area contributed by atoms with Crippen LogP contribution in [0.5, 0.6) is 0 Å². The second-order valence-electron chi connectivity index (χ2n) is 1.85. The third-order valence-electron chi connectivity index (χ3n) is 0.776. The van der Waals surface area contributed by atoms with Crippen LogP contribution in [-0.4, -0.2) is 24.2 Å². The van der Waals surface area contributed by atoms with Gasteiger partial charge in [-0.15, -0.1) is 0 Å². The fourth-order valence-electron chi connectivity index (χ4n) is 0.408. The molecule has 0 heterocycles. The van der Waals surface area contributed by atoms with Crippen LogP contribution in [-0.2, 0) is 0 Å². The van der Waals surface area contributed by atoms with E-state index in [0.29, 0.717) is 0 Å². The Hall–Kier alpha value is 0.440. The van der Waals surface area contributed by atoms with Crippen LogP contribution in [0.1, 0.15) is 0 Å². The molecule has 8 heteroatoms. The molecule has 0 saturated carbocycles. The van der Waals surface area contributed by atoms with Gasteiger partial charge in [-0.2, -0.15) is 26.3 Å². The normalized spacial score (nSPS) is 15.5. The highest BCUT2D eigenvalue weighted by Gasteiger charge is 2.29. The molecule has 0 aliphatic carbocycles. The van der Waals surface area contributed by atoms with Crippen molar-refractivity contribution >= 4 is 17.2 Å². The second kappa shape index (κ2) is 4.61. The van der Waals surface area contributed by atoms with Crippen LogP contribution in [0.15, 0.2) is 0 Å². The molecule has 0 aliphatic heterocycles. The highest BCUT2D eigenvalue weighted by molar-refractivity contribution is 7.43. The number of hydrogen-bond acceptors (Lipinski definition) is 0. The number of halogens is 6. The van der Waals surface area contributed by atoms with E-state index in [0.717, 1.165) is 0 Å². The minimum absolute atomic E-state index is 0.415. The van der Waals surface area contributed by atoms with E-state index in [2.05, 4.69) is 0 Å². The van der Waals surface area contributed by atoms with Gasteiger partial charge in [0.05, 0.1) is 0 Å². The zero-order chi connectivity index (χ0) is 9.83. The molecule has 2 unspecified atom stereocenters. The van der Waals surface area contributed by atoms with Crippen LogP contribution in [0.4, 0.5) is 26.3 Å². The molecule has 0 rings (SSSR count). The topological polar surface area (TPSA) is 0 Å². The van der Waals surface area contributed by atoms with E-state index in [9.17, 15) is 26.3 Å². The molecule has 0 nitrogen and oxygen atoms in total. The molecule has 0 amide bonds. The van der Waals surface area contributed by atoms with Gasteiger partial charge in [0.1, 0.15) is 0 Å². The summed E-state index contributed by atoms with van der Waals surface area (Å²) in [5, 5.41) is 0. The average molecular weight is 230 g/mol. The van der Waals surface area contributed by atoms with Gasteiger partial charge < -0.3 is 0 Å². The molecule has 74 valence electrons. The summed E-state index contributed by atoms with van der Waals surface area (Å²) >= 11 is 0. The molecule has 0 radical (unpaired) electrons. The summed E-state index contributed by atoms with van der Waals surface area (Å²) < 4.78 is 68.5. The third-order valence-corrected chi connectivity index (χ3v) is 3.08. The maximum Gasteiger partial charge on any atom is 0.402 e. The predicted molar refractivity (Wildman–Crippen MR) is 38.5 cm³/mol. The summed E-state index contributed by atoms with van der Waals surface area (Å²) in [5.74, 6) is -8.62. The van der Waals surface area contributed by atoms with Gasteiger partial charge in [0.25, 0.3) is 0 Å². The lowest BCUT2D eigenvalue weighted by molar-refractivity contribution is -0.0388. The number of hydrogen-bond donors (Lipinski definition) is 0. The smallest absolute Gasteiger partial charge is 0.167 e. The van der Waals surface area contributed by atoms with Crippen LogP contribution in [0, 0.1) is 0 Å². The quantitative estimate of drug-likeness (QED) is 0.396. The summed E-state index contributed by atoms with van der Waals surface area (Å²) in [6, 6.07) is 0. The molecule has 0 aromatic carbocycles. The Morgan fingerprint density at radius 1 is 0.667 bits per heavy atom. The van der Waals surface area contributed by atoms with E-state index in [-0.39, 0.29) is 0 Å². The Morgan fingerprint density at radius 3 is 1.08 bits per heavy atom. The number of rotatable bonds is 3. The van der Waals surface area contributed by atoms with E-state index < -0.39 is 41.3 Å². The lowest BCUT2D eigenvalue weighted by Gasteiger charge is -2.07. The van der Waals surface area contributed by atoms with Crippen molar-refractivity contribution in [1.82, 2.24) is 0 Å². The molecule has 12 heavy (non-hydrogen) atoms. The van der Waals surface area contributed by atoms with Crippen molar-refractivity contribution in [2.45, 2.75) is 11.8 Å². The fraction of sp³-hybridized carbons (Fsp3) is 1.00. The van der Waals surface area contributed by atoms with Gasteiger partial charge in [-0.1, -0.05) is 0 Å². The molecule has 0 bridgehead atoms. The predicted octanol–water partition coefficient (Wildman–Crippen LogP) is 3.38. The van der Waals surface area contributed by atoms with Crippen molar-refractivity contribution in [2.75, 3.05) is 12.3 Å². The Kier molecular flexibility index (Phi) is 4.78. The first-order valence-corrected chi connectivity index (χ1v) is 5.26. The van der Waals surface area contributed by atoms with Crippen molar-refractivity contribution in [3.05, 3.63) is 0 Å². The molecule has 0 spiro atoms. The van der Waals surface area contributed by atoms with Crippen LogP contribution in [0.25, 0.3) is 0 Å². The van der Waals surface area contributed by atoms with Crippen molar-refractivity contribution in [3.63, 3.8) is 0 Å². The SMILES string of the molecule is FC(F)(F)PCCPC(F)(F)F. The maximum absolute atomic E-state index is 11.4. The van der Waals surface area contributed by atoms with Gasteiger partial charge in [0.15, 0.2) is 0 Å².